The lowest BCUT2D eigenvalue weighted by Crippen LogP contribution is -2.43. The van der Waals surface area contributed by atoms with Crippen molar-refractivity contribution in [2.45, 2.75) is 29.4 Å². The van der Waals surface area contributed by atoms with Gasteiger partial charge in [-0.25, -0.2) is 15.0 Å². The molecular weight excluding hydrogens is 360 g/mol. The second-order valence-electron chi connectivity index (χ2n) is 5.60. The van der Waals surface area contributed by atoms with Gasteiger partial charge in [0.1, 0.15) is 16.7 Å². The van der Waals surface area contributed by atoms with Crippen LogP contribution in [0.1, 0.15) is 13.3 Å². The summed E-state index contributed by atoms with van der Waals surface area (Å²) in [6.07, 6.45) is 5.67. The van der Waals surface area contributed by atoms with Crippen LogP contribution in [0, 0.1) is 5.92 Å². The summed E-state index contributed by atoms with van der Waals surface area (Å²) in [5.41, 5.74) is 10.2. The van der Waals surface area contributed by atoms with E-state index >= 15 is 0 Å². The number of hydrogen-bond acceptors (Lipinski definition) is 8. The van der Waals surface area contributed by atoms with Crippen LogP contribution in [0.25, 0.3) is 0 Å². The molecule has 0 spiro atoms. The highest BCUT2D eigenvalue weighted by atomic mass is 35.5. The Bertz CT molecular complexity index is 687. The van der Waals surface area contributed by atoms with E-state index in [1.54, 1.807) is 24.7 Å². The van der Waals surface area contributed by atoms with E-state index in [9.17, 15) is 5.11 Å². The first-order valence-electron chi connectivity index (χ1n) is 7.95. The SMILES string of the molecule is CC1CCN(c2cnc(Sc3ccnc(N)c3Cl)cn2)CC1O.CN. The first-order valence-corrected chi connectivity index (χ1v) is 9.14. The highest BCUT2D eigenvalue weighted by molar-refractivity contribution is 7.99. The number of nitrogens with two attached hydrogens (primary N) is 2. The Labute approximate surface area is 156 Å². The lowest BCUT2D eigenvalue weighted by molar-refractivity contribution is 0.102. The normalized spacial score (nSPS) is 20.0. The predicted octanol–water partition coefficient (Wildman–Crippen LogP) is 2.04. The van der Waals surface area contributed by atoms with Crippen LogP contribution in [-0.4, -0.2) is 46.3 Å². The third-order valence-corrected chi connectivity index (χ3v) is 5.44. The van der Waals surface area contributed by atoms with E-state index in [0.717, 1.165) is 28.7 Å². The second kappa shape index (κ2) is 9.19. The lowest BCUT2D eigenvalue weighted by Gasteiger charge is -2.34. The molecule has 7 nitrogen and oxygen atoms in total. The number of piperidine rings is 1. The fourth-order valence-electron chi connectivity index (χ4n) is 2.42. The molecule has 2 unspecified atom stereocenters. The smallest absolute Gasteiger partial charge is 0.147 e. The molecule has 2 aromatic heterocycles. The summed E-state index contributed by atoms with van der Waals surface area (Å²) < 4.78 is 0. The molecule has 0 saturated carbocycles. The highest BCUT2D eigenvalue weighted by Crippen LogP contribution is 2.34. The number of anilines is 2. The number of aromatic nitrogens is 3. The molecule has 136 valence electrons. The van der Waals surface area contributed by atoms with Gasteiger partial charge in [0.05, 0.1) is 23.5 Å². The van der Waals surface area contributed by atoms with Crippen molar-refractivity contribution in [3.63, 3.8) is 0 Å². The van der Waals surface area contributed by atoms with Gasteiger partial charge >= 0.3 is 0 Å². The van der Waals surface area contributed by atoms with Crippen LogP contribution in [0.15, 0.2) is 34.6 Å². The molecule has 1 fully saturated rings. The molecule has 0 aromatic carbocycles. The van der Waals surface area contributed by atoms with Crippen molar-refractivity contribution < 1.29 is 5.11 Å². The van der Waals surface area contributed by atoms with Crippen LogP contribution in [0.3, 0.4) is 0 Å². The van der Waals surface area contributed by atoms with Crippen LogP contribution in [0.2, 0.25) is 5.02 Å². The van der Waals surface area contributed by atoms with Crippen LogP contribution in [0.4, 0.5) is 11.6 Å². The molecule has 3 heterocycles. The Balaban J connectivity index is 0.00000109. The molecule has 1 aliphatic heterocycles. The molecule has 1 saturated heterocycles. The first kappa shape index (κ1) is 19.7. The van der Waals surface area contributed by atoms with Gasteiger partial charge in [-0.15, -0.1) is 0 Å². The van der Waals surface area contributed by atoms with Gasteiger partial charge in [0, 0.05) is 24.2 Å². The van der Waals surface area contributed by atoms with E-state index in [0.29, 0.717) is 23.3 Å². The van der Waals surface area contributed by atoms with E-state index in [1.807, 2.05) is 0 Å². The number of aliphatic hydroxyl groups is 1. The molecule has 0 aliphatic carbocycles. The summed E-state index contributed by atoms with van der Waals surface area (Å²) in [4.78, 5) is 15.7. The monoisotopic (exact) mass is 382 g/mol. The van der Waals surface area contributed by atoms with Crippen LogP contribution in [0.5, 0.6) is 0 Å². The zero-order valence-electron chi connectivity index (χ0n) is 14.3. The van der Waals surface area contributed by atoms with Crippen LogP contribution >= 0.6 is 23.4 Å². The standard InChI is InChI=1S/C15H18ClN5OS.CH5N/c1-9-3-5-21(8-10(9)22)12-6-20-13(7-19-12)23-11-2-4-18-15(17)14(11)16;1-2/h2,4,6-7,9-10,22H,3,5,8H2,1H3,(H2,17,18);2H2,1H3. The molecule has 0 radical (unpaired) electrons. The Kier molecular flexibility index (Phi) is 7.24. The van der Waals surface area contributed by atoms with Gasteiger partial charge < -0.3 is 21.5 Å². The minimum atomic E-state index is -0.321. The molecule has 2 atom stereocenters. The second-order valence-corrected chi connectivity index (χ2v) is 7.04. The maximum atomic E-state index is 9.99. The fraction of sp³-hybridized carbons (Fsp3) is 0.438. The largest absolute Gasteiger partial charge is 0.391 e. The molecule has 9 heteroatoms. The lowest BCUT2D eigenvalue weighted by atomic mass is 9.96. The van der Waals surface area contributed by atoms with Crippen LogP contribution in [-0.2, 0) is 0 Å². The first-order chi connectivity index (χ1) is 12.0. The predicted molar refractivity (Wildman–Crippen MR) is 102 cm³/mol. The summed E-state index contributed by atoms with van der Waals surface area (Å²) in [7, 11) is 1.50. The maximum absolute atomic E-state index is 9.99. The molecule has 3 rings (SSSR count). The molecule has 0 bridgehead atoms. The zero-order chi connectivity index (χ0) is 18.4. The van der Waals surface area contributed by atoms with Gasteiger partial charge in [-0.3, -0.25) is 0 Å². The molecule has 0 amide bonds. The molecule has 2 aromatic rings. The maximum Gasteiger partial charge on any atom is 0.147 e. The quantitative estimate of drug-likeness (QED) is 0.738. The number of hydrogen-bond donors (Lipinski definition) is 3. The van der Waals surface area contributed by atoms with E-state index in [1.165, 1.54) is 18.8 Å². The Morgan fingerprint density at radius 2 is 2.04 bits per heavy atom. The van der Waals surface area contributed by atoms with Gasteiger partial charge in [0.15, 0.2) is 0 Å². The van der Waals surface area contributed by atoms with Crippen molar-refractivity contribution in [1.29, 1.82) is 0 Å². The van der Waals surface area contributed by atoms with Crippen molar-refractivity contribution in [2.75, 3.05) is 30.8 Å². The summed E-state index contributed by atoms with van der Waals surface area (Å²) in [5.74, 6) is 1.41. The van der Waals surface area contributed by atoms with Crippen molar-refractivity contribution in [3.05, 3.63) is 29.7 Å². The number of β-amino-alcohol motifs (C(OH)–C–C–N with tert-alkyl or cyclic N) is 1. The number of aliphatic hydroxyl groups excluding tert-OH is 1. The van der Waals surface area contributed by atoms with Crippen LogP contribution < -0.4 is 16.4 Å². The van der Waals surface area contributed by atoms with Gasteiger partial charge in [-0.05, 0) is 25.5 Å². The number of halogens is 1. The molecule has 5 N–H and O–H groups in total. The fourth-order valence-corrected chi connectivity index (χ4v) is 3.40. The highest BCUT2D eigenvalue weighted by Gasteiger charge is 2.25. The average Bonchev–Trinajstić information content (AvgIpc) is 2.64. The summed E-state index contributed by atoms with van der Waals surface area (Å²) in [6.45, 7) is 3.54. The van der Waals surface area contributed by atoms with Crippen molar-refractivity contribution in [2.24, 2.45) is 11.7 Å². The molecule has 25 heavy (non-hydrogen) atoms. The zero-order valence-corrected chi connectivity index (χ0v) is 15.8. The van der Waals surface area contributed by atoms with E-state index in [2.05, 4.69) is 32.5 Å². The minimum absolute atomic E-state index is 0.303. The number of nitrogen functional groups attached to an aromatic ring is 1. The van der Waals surface area contributed by atoms with Gasteiger partial charge in [-0.1, -0.05) is 30.3 Å². The summed E-state index contributed by atoms with van der Waals surface area (Å²) in [6, 6.07) is 1.79. The Hall–Kier alpha value is -1.61. The summed E-state index contributed by atoms with van der Waals surface area (Å²) >= 11 is 7.52. The van der Waals surface area contributed by atoms with Gasteiger partial charge in [-0.2, -0.15) is 0 Å². The van der Waals surface area contributed by atoms with Crippen molar-refractivity contribution in [3.8, 4) is 0 Å². The Morgan fingerprint density at radius 1 is 1.28 bits per heavy atom. The van der Waals surface area contributed by atoms with Gasteiger partial charge in [0.25, 0.3) is 0 Å². The average molecular weight is 383 g/mol. The number of rotatable bonds is 3. The Morgan fingerprint density at radius 3 is 2.68 bits per heavy atom. The molecular formula is C16H23ClN6OS. The molecule has 1 aliphatic rings. The van der Waals surface area contributed by atoms with Crippen molar-refractivity contribution >= 4 is 35.0 Å². The van der Waals surface area contributed by atoms with E-state index in [-0.39, 0.29) is 6.10 Å². The number of nitrogens with zero attached hydrogens (tertiary/aromatic N) is 4. The van der Waals surface area contributed by atoms with Gasteiger partial charge in [0.2, 0.25) is 0 Å². The summed E-state index contributed by atoms with van der Waals surface area (Å²) in [5, 5.41) is 11.1. The van der Waals surface area contributed by atoms with E-state index < -0.39 is 0 Å². The van der Waals surface area contributed by atoms with E-state index in [4.69, 9.17) is 17.3 Å². The minimum Gasteiger partial charge on any atom is -0.391 e. The number of pyridine rings is 1. The topological polar surface area (TPSA) is 114 Å². The van der Waals surface area contributed by atoms with Crippen molar-refractivity contribution in [1.82, 2.24) is 15.0 Å². The third kappa shape index (κ3) is 4.94. The third-order valence-electron chi connectivity index (χ3n) is 3.95.